The Morgan fingerprint density at radius 1 is 1.25 bits per heavy atom. The van der Waals surface area contributed by atoms with Crippen LogP contribution in [0.15, 0.2) is 30.3 Å². The number of aryl methyl sites for hydroxylation is 2. The lowest BCUT2D eigenvalue weighted by Crippen LogP contribution is -2.34. The molecule has 1 aromatic carbocycles. The van der Waals surface area contributed by atoms with Crippen molar-refractivity contribution in [2.45, 2.75) is 46.3 Å². The summed E-state index contributed by atoms with van der Waals surface area (Å²) in [6.45, 7) is 8.83. The van der Waals surface area contributed by atoms with Crippen molar-refractivity contribution in [2.24, 2.45) is 7.05 Å². The minimum absolute atomic E-state index is 0.0614. The van der Waals surface area contributed by atoms with E-state index in [2.05, 4.69) is 46.0 Å². The first-order valence-electron chi connectivity index (χ1n) is 10.2. The fourth-order valence-electron chi connectivity index (χ4n) is 4.14. The summed E-state index contributed by atoms with van der Waals surface area (Å²) in [5.74, 6) is -0.0614. The van der Waals surface area contributed by atoms with Crippen molar-refractivity contribution in [3.05, 3.63) is 53.0 Å². The second-order valence-electron chi connectivity index (χ2n) is 7.76. The number of nitrogens with one attached hydrogen (secondary N) is 1. The van der Waals surface area contributed by atoms with Crippen LogP contribution in [0.2, 0.25) is 0 Å². The number of para-hydroxylation sites is 1. The molecule has 0 saturated carbocycles. The molecule has 3 heterocycles. The van der Waals surface area contributed by atoms with Gasteiger partial charge in [0.15, 0.2) is 0 Å². The zero-order valence-electron chi connectivity index (χ0n) is 17.0. The highest BCUT2D eigenvalue weighted by Crippen LogP contribution is 2.22. The third kappa shape index (κ3) is 3.56. The predicted octanol–water partition coefficient (Wildman–Crippen LogP) is 3.23. The normalized spacial score (nSPS) is 14.4. The van der Waals surface area contributed by atoms with Crippen molar-refractivity contribution in [3.63, 3.8) is 0 Å². The van der Waals surface area contributed by atoms with Crippen LogP contribution in [0.5, 0.6) is 0 Å². The van der Waals surface area contributed by atoms with Crippen LogP contribution in [0.1, 0.15) is 47.2 Å². The highest BCUT2D eigenvalue weighted by molar-refractivity contribution is 5.99. The van der Waals surface area contributed by atoms with E-state index in [9.17, 15) is 4.79 Å². The summed E-state index contributed by atoms with van der Waals surface area (Å²) in [6, 6.07) is 10.2. The Morgan fingerprint density at radius 3 is 2.89 bits per heavy atom. The Kier molecular flexibility index (Phi) is 5.22. The number of unbranched alkanes of at least 4 members (excludes halogenated alkanes) is 1. The molecule has 1 amide bonds. The van der Waals surface area contributed by atoms with Crippen LogP contribution >= 0.6 is 0 Å². The molecule has 6 nitrogen and oxygen atoms in total. The maximum Gasteiger partial charge on any atom is 0.268 e. The van der Waals surface area contributed by atoms with Gasteiger partial charge in [-0.3, -0.25) is 14.4 Å². The molecule has 0 saturated heterocycles. The van der Waals surface area contributed by atoms with Crippen molar-refractivity contribution in [1.82, 2.24) is 24.6 Å². The van der Waals surface area contributed by atoms with Crippen molar-refractivity contribution >= 4 is 16.8 Å². The standard InChI is InChI=1S/C22H29N5O/c1-4-5-9-26-10-11-27-19(15-26)13-18(24-27)14-23-22(28)20-12-17-8-6-7-16(2)21(17)25(20)3/h6-8,12-13H,4-5,9-11,14-15H2,1-3H3,(H,23,28). The van der Waals surface area contributed by atoms with Crippen molar-refractivity contribution in [2.75, 3.05) is 13.1 Å². The molecule has 1 aliphatic rings. The van der Waals surface area contributed by atoms with E-state index in [-0.39, 0.29) is 5.91 Å². The molecule has 0 aliphatic carbocycles. The first kappa shape index (κ1) is 18.7. The van der Waals surface area contributed by atoms with Gasteiger partial charge in [0.25, 0.3) is 5.91 Å². The molecule has 0 atom stereocenters. The summed E-state index contributed by atoms with van der Waals surface area (Å²) in [6.07, 6.45) is 2.46. The molecule has 0 radical (unpaired) electrons. The number of benzene rings is 1. The maximum atomic E-state index is 12.8. The Morgan fingerprint density at radius 2 is 2.11 bits per heavy atom. The van der Waals surface area contributed by atoms with E-state index < -0.39 is 0 Å². The first-order valence-corrected chi connectivity index (χ1v) is 10.2. The van der Waals surface area contributed by atoms with Crippen LogP contribution in [0.4, 0.5) is 0 Å². The van der Waals surface area contributed by atoms with E-state index >= 15 is 0 Å². The molecule has 6 heteroatoms. The third-order valence-electron chi connectivity index (χ3n) is 5.68. The van der Waals surface area contributed by atoms with Gasteiger partial charge in [0.05, 0.1) is 30.0 Å². The smallest absolute Gasteiger partial charge is 0.268 e. The van der Waals surface area contributed by atoms with Gasteiger partial charge in [-0.2, -0.15) is 5.10 Å². The number of rotatable bonds is 6. The molecule has 1 aliphatic heterocycles. The Balaban J connectivity index is 1.43. The molecular formula is C22H29N5O. The van der Waals surface area contributed by atoms with Gasteiger partial charge in [-0.05, 0) is 37.6 Å². The molecule has 3 aromatic rings. The van der Waals surface area contributed by atoms with Crippen LogP contribution < -0.4 is 5.32 Å². The quantitative estimate of drug-likeness (QED) is 0.715. The number of nitrogens with zero attached hydrogens (tertiary/aromatic N) is 4. The number of hydrogen-bond acceptors (Lipinski definition) is 3. The van der Waals surface area contributed by atoms with Gasteiger partial charge < -0.3 is 9.88 Å². The summed E-state index contributed by atoms with van der Waals surface area (Å²) in [4.78, 5) is 15.2. The van der Waals surface area contributed by atoms with Crippen molar-refractivity contribution in [3.8, 4) is 0 Å². The van der Waals surface area contributed by atoms with Crippen molar-refractivity contribution < 1.29 is 4.79 Å². The average Bonchev–Trinajstić information content (AvgIpc) is 3.25. The molecule has 1 N–H and O–H groups in total. The number of hydrogen-bond donors (Lipinski definition) is 1. The van der Waals surface area contributed by atoms with Gasteiger partial charge >= 0.3 is 0 Å². The number of fused-ring (bicyclic) bond motifs is 2. The van der Waals surface area contributed by atoms with Crippen molar-refractivity contribution in [1.29, 1.82) is 0 Å². The van der Waals surface area contributed by atoms with Crippen LogP contribution in [-0.2, 0) is 26.7 Å². The molecule has 4 rings (SSSR count). The predicted molar refractivity (Wildman–Crippen MR) is 111 cm³/mol. The van der Waals surface area contributed by atoms with Crippen LogP contribution in [0, 0.1) is 6.92 Å². The zero-order chi connectivity index (χ0) is 19.7. The van der Waals surface area contributed by atoms with Gasteiger partial charge in [0.1, 0.15) is 5.69 Å². The number of amides is 1. The molecular weight excluding hydrogens is 350 g/mol. The number of carbonyl (C=O) groups excluding carboxylic acids is 1. The molecule has 148 valence electrons. The van der Waals surface area contributed by atoms with E-state index in [1.54, 1.807) is 0 Å². The zero-order valence-corrected chi connectivity index (χ0v) is 17.0. The van der Waals surface area contributed by atoms with Gasteiger partial charge in [-0.15, -0.1) is 0 Å². The monoisotopic (exact) mass is 379 g/mol. The summed E-state index contributed by atoms with van der Waals surface area (Å²) in [5, 5.41) is 8.82. The maximum absolute atomic E-state index is 12.8. The lowest BCUT2D eigenvalue weighted by molar-refractivity contribution is 0.0942. The van der Waals surface area contributed by atoms with E-state index in [1.807, 2.05) is 29.8 Å². The van der Waals surface area contributed by atoms with E-state index in [1.165, 1.54) is 24.1 Å². The average molecular weight is 380 g/mol. The first-order chi connectivity index (χ1) is 13.6. The minimum atomic E-state index is -0.0614. The lowest BCUT2D eigenvalue weighted by atomic mass is 10.2. The molecule has 0 unspecified atom stereocenters. The topological polar surface area (TPSA) is 55.1 Å². The highest BCUT2D eigenvalue weighted by Gasteiger charge is 2.19. The molecule has 0 bridgehead atoms. The van der Waals surface area contributed by atoms with E-state index in [0.717, 1.165) is 42.8 Å². The minimum Gasteiger partial charge on any atom is -0.345 e. The number of carbonyl (C=O) groups is 1. The summed E-state index contributed by atoms with van der Waals surface area (Å²) >= 11 is 0. The third-order valence-corrected chi connectivity index (χ3v) is 5.68. The molecule has 2 aromatic heterocycles. The molecule has 28 heavy (non-hydrogen) atoms. The summed E-state index contributed by atoms with van der Waals surface area (Å²) in [7, 11) is 1.95. The van der Waals surface area contributed by atoms with Gasteiger partial charge in [0, 0.05) is 25.5 Å². The molecule has 0 fully saturated rings. The fraction of sp³-hybridized carbons (Fsp3) is 0.455. The second-order valence-corrected chi connectivity index (χ2v) is 7.76. The Hall–Kier alpha value is -2.60. The Bertz CT molecular complexity index is 1000. The SMILES string of the molecule is CCCCN1CCn2nc(CNC(=O)c3cc4cccc(C)c4n3C)cc2C1. The number of aromatic nitrogens is 3. The van der Waals surface area contributed by atoms with Gasteiger partial charge in [-0.25, -0.2) is 0 Å². The summed E-state index contributed by atoms with van der Waals surface area (Å²) < 4.78 is 4.06. The highest BCUT2D eigenvalue weighted by atomic mass is 16.1. The van der Waals surface area contributed by atoms with Crippen LogP contribution in [-0.4, -0.2) is 38.2 Å². The largest absolute Gasteiger partial charge is 0.345 e. The Labute approximate surface area is 166 Å². The van der Waals surface area contributed by atoms with Gasteiger partial charge in [-0.1, -0.05) is 31.5 Å². The van der Waals surface area contributed by atoms with E-state index in [0.29, 0.717) is 12.2 Å². The lowest BCUT2D eigenvalue weighted by Gasteiger charge is -2.27. The second kappa shape index (κ2) is 7.80. The van der Waals surface area contributed by atoms with Crippen LogP contribution in [0.25, 0.3) is 10.9 Å². The summed E-state index contributed by atoms with van der Waals surface area (Å²) in [5.41, 5.74) is 5.13. The van der Waals surface area contributed by atoms with Crippen LogP contribution in [0.3, 0.4) is 0 Å². The fourth-order valence-corrected chi connectivity index (χ4v) is 4.14. The van der Waals surface area contributed by atoms with Gasteiger partial charge in [0.2, 0.25) is 0 Å². The molecule has 0 spiro atoms. The van der Waals surface area contributed by atoms with E-state index in [4.69, 9.17) is 0 Å².